The van der Waals surface area contributed by atoms with Crippen molar-refractivity contribution >= 4 is 38.9 Å². The first-order valence-corrected chi connectivity index (χ1v) is 12.4. The van der Waals surface area contributed by atoms with Crippen molar-refractivity contribution < 1.29 is 39.6 Å². The molecular formula is C21H19Cl2F6NO3S. The molecule has 0 saturated carbocycles. The second-order valence-electron chi connectivity index (χ2n) is 7.77. The van der Waals surface area contributed by atoms with Crippen LogP contribution in [0.2, 0.25) is 10.0 Å². The largest absolute Gasteiger partial charge is 0.416 e. The summed E-state index contributed by atoms with van der Waals surface area (Å²) in [6.45, 7) is -0.204. The zero-order valence-electron chi connectivity index (χ0n) is 17.8. The average Bonchev–Trinajstić information content (AvgIpc) is 2.70. The third-order valence-electron chi connectivity index (χ3n) is 4.93. The molecule has 1 atom stereocenters. The van der Waals surface area contributed by atoms with Gasteiger partial charge in [-0.05, 0) is 42.3 Å². The lowest BCUT2D eigenvalue weighted by atomic mass is 9.95. The highest BCUT2D eigenvalue weighted by Crippen LogP contribution is 2.37. The third kappa shape index (κ3) is 7.78. The van der Waals surface area contributed by atoms with Crippen LogP contribution in [-0.4, -0.2) is 44.8 Å². The molecule has 0 aliphatic carbocycles. The lowest BCUT2D eigenvalue weighted by Gasteiger charge is -2.25. The molecule has 4 nitrogen and oxygen atoms in total. The number of hydrogen-bond acceptors (Lipinski definition) is 3. The van der Waals surface area contributed by atoms with Gasteiger partial charge in [0.15, 0.2) is 0 Å². The summed E-state index contributed by atoms with van der Waals surface area (Å²) in [4.78, 5) is 13.8. The standard InChI is InChI=1S/C21H19Cl2F6NO3S/c1-30(11-13(5-6-34(2,32)33)12-3-4-17(22)18(23)9-12)19(31)14-7-15(20(24,25)26)10-16(8-14)21(27,28)29/h3-4,7-10,13H,5-6,11H2,1-2H3. The zero-order valence-corrected chi connectivity index (χ0v) is 20.1. The van der Waals surface area contributed by atoms with Crippen LogP contribution in [0, 0.1) is 0 Å². The van der Waals surface area contributed by atoms with Crippen molar-refractivity contribution in [2.45, 2.75) is 24.7 Å². The molecule has 0 bridgehead atoms. The number of alkyl halides is 6. The van der Waals surface area contributed by atoms with Crippen LogP contribution in [0.5, 0.6) is 0 Å². The molecule has 0 heterocycles. The van der Waals surface area contributed by atoms with Crippen molar-refractivity contribution in [3.05, 3.63) is 68.7 Å². The molecule has 2 aromatic rings. The van der Waals surface area contributed by atoms with E-state index in [1.807, 2.05) is 0 Å². The summed E-state index contributed by atoms with van der Waals surface area (Å²) in [7, 11) is -2.21. The molecule has 0 aromatic heterocycles. The molecule has 188 valence electrons. The molecule has 34 heavy (non-hydrogen) atoms. The monoisotopic (exact) mass is 549 g/mol. The van der Waals surface area contributed by atoms with Crippen molar-refractivity contribution in [2.75, 3.05) is 25.6 Å². The summed E-state index contributed by atoms with van der Waals surface area (Å²) >= 11 is 11.9. The van der Waals surface area contributed by atoms with E-state index in [1.165, 1.54) is 19.2 Å². The van der Waals surface area contributed by atoms with Crippen LogP contribution in [0.25, 0.3) is 0 Å². The maximum atomic E-state index is 13.1. The van der Waals surface area contributed by atoms with Crippen molar-refractivity contribution in [1.29, 1.82) is 0 Å². The zero-order chi connectivity index (χ0) is 26.1. The fourth-order valence-corrected chi connectivity index (χ4v) is 4.22. The number of halogens is 8. The molecule has 0 aliphatic heterocycles. The lowest BCUT2D eigenvalue weighted by Crippen LogP contribution is -2.32. The molecule has 0 N–H and O–H groups in total. The minimum absolute atomic E-state index is 0.0187. The summed E-state index contributed by atoms with van der Waals surface area (Å²) in [6.07, 6.45) is -9.18. The topological polar surface area (TPSA) is 54.5 Å². The van der Waals surface area contributed by atoms with E-state index in [9.17, 15) is 39.6 Å². The Balaban J connectivity index is 2.41. The molecule has 0 spiro atoms. The van der Waals surface area contributed by atoms with E-state index in [4.69, 9.17) is 23.2 Å². The highest BCUT2D eigenvalue weighted by Gasteiger charge is 2.38. The molecule has 0 radical (unpaired) electrons. The average molecular weight is 550 g/mol. The number of benzene rings is 2. The third-order valence-corrected chi connectivity index (χ3v) is 6.64. The van der Waals surface area contributed by atoms with E-state index in [2.05, 4.69) is 0 Å². The van der Waals surface area contributed by atoms with Gasteiger partial charge in [-0.15, -0.1) is 0 Å². The lowest BCUT2D eigenvalue weighted by molar-refractivity contribution is -0.143. The second-order valence-corrected chi connectivity index (χ2v) is 10.8. The van der Waals surface area contributed by atoms with Crippen molar-refractivity contribution in [2.24, 2.45) is 0 Å². The van der Waals surface area contributed by atoms with Gasteiger partial charge in [0.2, 0.25) is 0 Å². The van der Waals surface area contributed by atoms with E-state index in [0.717, 1.165) is 11.2 Å². The molecule has 2 aromatic carbocycles. The first-order chi connectivity index (χ1) is 15.4. The van der Waals surface area contributed by atoms with E-state index in [1.54, 1.807) is 6.07 Å². The van der Waals surface area contributed by atoms with Gasteiger partial charge in [0.1, 0.15) is 9.84 Å². The van der Waals surface area contributed by atoms with Crippen molar-refractivity contribution in [3.8, 4) is 0 Å². The predicted molar refractivity (Wildman–Crippen MR) is 117 cm³/mol. The van der Waals surface area contributed by atoms with Crippen LogP contribution < -0.4 is 0 Å². The van der Waals surface area contributed by atoms with E-state index in [0.29, 0.717) is 17.7 Å². The first kappa shape index (κ1) is 28.3. The Kier molecular flexibility index (Phi) is 8.59. The SMILES string of the molecule is CN(CC(CCS(C)(=O)=O)c1ccc(Cl)c(Cl)c1)C(=O)c1cc(C(F)(F)F)cc(C(F)(F)F)c1. The van der Waals surface area contributed by atoms with Gasteiger partial charge in [-0.25, -0.2) is 8.42 Å². The van der Waals surface area contributed by atoms with Gasteiger partial charge in [0, 0.05) is 31.3 Å². The van der Waals surface area contributed by atoms with Crippen molar-refractivity contribution in [1.82, 2.24) is 4.90 Å². The number of sulfone groups is 1. The number of hydrogen-bond donors (Lipinski definition) is 0. The van der Waals surface area contributed by atoms with Gasteiger partial charge in [-0.1, -0.05) is 29.3 Å². The summed E-state index contributed by atoms with van der Waals surface area (Å²) in [5.74, 6) is -2.02. The Labute approximate surface area is 202 Å². The minimum Gasteiger partial charge on any atom is -0.341 e. The Morgan fingerprint density at radius 3 is 1.91 bits per heavy atom. The maximum absolute atomic E-state index is 13.1. The van der Waals surface area contributed by atoms with Gasteiger partial charge < -0.3 is 4.90 Å². The Hall–Kier alpha value is -1.98. The van der Waals surface area contributed by atoms with Crippen LogP contribution in [-0.2, 0) is 22.2 Å². The maximum Gasteiger partial charge on any atom is 0.416 e. The fourth-order valence-electron chi connectivity index (χ4n) is 3.20. The van der Waals surface area contributed by atoms with Gasteiger partial charge in [-0.2, -0.15) is 26.3 Å². The van der Waals surface area contributed by atoms with Gasteiger partial charge in [0.25, 0.3) is 5.91 Å². The summed E-state index contributed by atoms with van der Waals surface area (Å²) < 4.78 is 102. The van der Waals surface area contributed by atoms with E-state index < -0.39 is 50.7 Å². The normalized spacial score (nSPS) is 13.6. The Bertz CT molecular complexity index is 1130. The number of carbonyl (C=O) groups excluding carboxylic acids is 1. The fraction of sp³-hybridized carbons (Fsp3) is 0.381. The number of amides is 1. The Morgan fingerprint density at radius 2 is 1.47 bits per heavy atom. The quantitative estimate of drug-likeness (QED) is 0.379. The van der Waals surface area contributed by atoms with Gasteiger partial charge in [-0.3, -0.25) is 4.79 Å². The summed E-state index contributed by atoms with van der Waals surface area (Å²) in [5.41, 5.74) is -3.53. The highest BCUT2D eigenvalue weighted by molar-refractivity contribution is 7.90. The molecule has 0 aliphatic rings. The van der Waals surface area contributed by atoms with Crippen LogP contribution in [0.15, 0.2) is 36.4 Å². The molecular weight excluding hydrogens is 531 g/mol. The predicted octanol–water partition coefficient (Wildman–Crippen LogP) is 6.32. The van der Waals surface area contributed by atoms with Gasteiger partial charge >= 0.3 is 12.4 Å². The first-order valence-electron chi connectivity index (χ1n) is 9.56. The minimum atomic E-state index is -5.10. The van der Waals surface area contributed by atoms with Gasteiger partial charge in [0.05, 0.1) is 26.9 Å². The number of carbonyl (C=O) groups is 1. The molecule has 0 saturated heterocycles. The van der Waals surface area contributed by atoms with Crippen LogP contribution in [0.1, 0.15) is 39.4 Å². The molecule has 0 fully saturated rings. The van der Waals surface area contributed by atoms with Crippen LogP contribution >= 0.6 is 23.2 Å². The molecule has 13 heteroatoms. The highest BCUT2D eigenvalue weighted by atomic mass is 35.5. The summed E-state index contributed by atoms with van der Waals surface area (Å²) in [6, 6.07) is 5.09. The molecule has 1 unspecified atom stereocenters. The Morgan fingerprint density at radius 1 is 0.941 bits per heavy atom. The van der Waals surface area contributed by atoms with E-state index >= 15 is 0 Å². The van der Waals surface area contributed by atoms with Crippen molar-refractivity contribution in [3.63, 3.8) is 0 Å². The number of nitrogens with zero attached hydrogens (tertiary/aromatic N) is 1. The van der Waals surface area contributed by atoms with Crippen LogP contribution in [0.3, 0.4) is 0 Å². The summed E-state index contributed by atoms with van der Waals surface area (Å²) in [5, 5.41) is 0.380. The van der Waals surface area contributed by atoms with Crippen LogP contribution in [0.4, 0.5) is 26.3 Å². The number of rotatable bonds is 7. The molecule has 1 amide bonds. The number of likely N-dealkylation sites (N-methyl/N-ethyl adjacent to an activating group) is 1. The smallest absolute Gasteiger partial charge is 0.341 e. The second kappa shape index (κ2) is 10.3. The molecule has 2 rings (SSSR count). The van der Waals surface area contributed by atoms with E-state index in [-0.39, 0.29) is 34.8 Å².